The highest BCUT2D eigenvalue weighted by molar-refractivity contribution is 5.86. The monoisotopic (exact) mass is 440 g/mol. The van der Waals surface area contributed by atoms with Crippen LogP contribution in [0.3, 0.4) is 0 Å². The predicted molar refractivity (Wildman–Crippen MR) is 128 cm³/mol. The van der Waals surface area contributed by atoms with Crippen LogP contribution in [-0.2, 0) is 9.59 Å². The Hall–Kier alpha value is -4.32. The van der Waals surface area contributed by atoms with Gasteiger partial charge in [-0.05, 0) is 53.1 Å². The molecule has 0 saturated heterocycles. The first-order chi connectivity index (χ1) is 16.1. The van der Waals surface area contributed by atoms with Crippen molar-refractivity contribution < 1.29 is 19.1 Å². The molecule has 33 heavy (non-hydrogen) atoms. The van der Waals surface area contributed by atoms with Crippen molar-refractivity contribution in [3.63, 3.8) is 0 Å². The Bertz CT molecular complexity index is 1240. The summed E-state index contributed by atoms with van der Waals surface area (Å²) in [5.41, 5.74) is 6.86. The van der Waals surface area contributed by atoms with Crippen LogP contribution in [0.25, 0.3) is 21.9 Å². The molecule has 0 fully saturated rings. The summed E-state index contributed by atoms with van der Waals surface area (Å²) in [7, 11) is 0. The normalized spacial score (nSPS) is 11.4. The predicted octanol–water partition coefficient (Wildman–Crippen LogP) is 4.50. The van der Waals surface area contributed by atoms with Gasteiger partial charge in [-0.3, -0.25) is 20.4 Å². The maximum absolute atomic E-state index is 12.3. The first-order valence-electron chi connectivity index (χ1n) is 10.6. The van der Waals surface area contributed by atoms with Gasteiger partial charge >= 0.3 is 0 Å². The molecule has 0 aliphatic heterocycles. The summed E-state index contributed by atoms with van der Waals surface area (Å²) in [6.07, 6.45) is -0.797. The van der Waals surface area contributed by atoms with Gasteiger partial charge in [-0.2, -0.15) is 0 Å². The van der Waals surface area contributed by atoms with Crippen LogP contribution in [0.2, 0.25) is 0 Å². The van der Waals surface area contributed by atoms with Gasteiger partial charge in [0.15, 0.2) is 12.7 Å². The third-order valence-corrected chi connectivity index (χ3v) is 5.06. The average Bonchev–Trinajstić information content (AvgIpc) is 2.86. The van der Waals surface area contributed by atoms with E-state index in [-0.39, 0.29) is 6.61 Å². The quantitative estimate of drug-likeness (QED) is 0.415. The molecule has 2 N–H and O–H groups in total. The molecule has 1 atom stereocenters. The molecule has 4 aromatic carbocycles. The van der Waals surface area contributed by atoms with E-state index in [4.69, 9.17) is 9.47 Å². The van der Waals surface area contributed by atoms with Gasteiger partial charge in [-0.1, -0.05) is 72.8 Å². The minimum absolute atomic E-state index is 0.227. The van der Waals surface area contributed by atoms with Crippen LogP contribution in [0, 0.1) is 0 Å². The summed E-state index contributed by atoms with van der Waals surface area (Å²) < 4.78 is 11.2. The van der Waals surface area contributed by atoms with Crippen LogP contribution in [0.5, 0.6) is 11.5 Å². The fourth-order valence-electron chi connectivity index (χ4n) is 3.29. The Morgan fingerprint density at radius 3 is 2.12 bits per heavy atom. The summed E-state index contributed by atoms with van der Waals surface area (Å²) in [5, 5.41) is 2.11. The third kappa shape index (κ3) is 5.89. The number of amides is 2. The van der Waals surface area contributed by atoms with Crippen molar-refractivity contribution in [3.8, 4) is 22.6 Å². The van der Waals surface area contributed by atoms with E-state index in [9.17, 15) is 9.59 Å². The van der Waals surface area contributed by atoms with Gasteiger partial charge in [-0.15, -0.1) is 0 Å². The minimum Gasteiger partial charge on any atom is -0.484 e. The molecule has 6 heteroatoms. The number of hydrogen-bond donors (Lipinski definition) is 2. The molecule has 166 valence electrons. The summed E-state index contributed by atoms with van der Waals surface area (Å²) in [5.74, 6) is 0.186. The van der Waals surface area contributed by atoms with E-state index in [2.05, 4.69) is 10.9 Å². The number of nitrogens with one attached hydrogen (secondary N) is 2. The number of benzene rings is 4. The fraction of sp³-hybridized carbons (Fsp3) is 0.111. The van der Waals surface area contributed by atoms with Crippen molar-refractivity contribution in [2.24, 2.45) is 0 Å². The highest BCUT2D eigenvalue weighted by Gasteiger charge is 2.15. The zero-order valence-corrected chi connectivity index (χ0v) is 18.2. The Morgan fingerprint density at radius 1 is 0.727 bits per heavy atom. The Balaban J connectivity index is 1.22. The molecule has 0 spiro atoms. The first-order valence-corrected chi connectivity index (χ1v) is 10.6. The molecule has 0 bridgehead atoms. The topological polar surface area (TPSA) is 76.7 Å². The van der Waals surface area contributed by atoms with Crippen molar-refractivity contribution in [1.29, 1.82) is 0 Å². The highest BCUT2D eigenvalue weighted by atomic mass is 16.5. The molecule has 0 aromatic heterocycles. The lowest BCUT2D eigenvalue weighted by Crippen LogP contribution is -2.48. The van der Waals surface area contributed by atoms with Crippen molar-refractivity contribution >= 4 is 22.6 Å². The molecule has 0 radical (unpaired) electrons. The van der Waals surface area contributed by atoms with Crippen molar-refractivity contribution in [2.75, 3.05) is 6.61 Å². The number of ether oxygens (including phenoxy) is 2. The van der Waals surface area contributed by atoms with Crippen molar-refractivity contribution in [1.82, 2.24) is 10.9 Å². The third-order valence-electron chi connectivity index (χ3n) is 5.06. The zero-order chi connectivity index (χ0) is 23.0. The second-order valence-corrected chi connectivity index (χ2v) is 7.49. The van der Waals surface area contributed by atoms with Gasteiger partial charge in [0.1, 0.15) is 11.5 Å². The number of hydrazine groups is 1. The Kier molecular flexibility index (Phi) is 6.85. The van der Waals surface area contributed by atoms with Gasteiger partial charge in [0.25, 0.3) is 11.8 Å². The summed E-state index contributed by atoms with van der Waals surface area (Å²) in [6, 6.07) is 30.9. The molecule has 1 unspecified atom stereocenters. The molecule has 4 rings (SSSR count). The van der Waals surface area contributed by atoms with E-state index in [1.807, 2.05) is 91.0 Å². The van der Waals surface area contributed by atoms with Crippen LogP contribution in [0.1, 0.15) is 6.92 Å². The number of hydrogen-bond acceptors (Lipinski definition) is 4. The van der Waals surface area contributed by atoms with Gasteiger partial charge in [-0.25, -0.2) is 0 Å². The average molecular weight is 440 g/mol. The maximum Gasteiger partial charge on any atom is 0.279 e. The number of carbonyl (C=O) groups is 2. The molecule has 2 amide bonds. The smallest absolute Gasteiger partial charge is 0.279 e. The first kappa shape index (κ1) is 21.9. The summed E-state index contributed by atoms with van der Waals surface area (Å²) in [4.78, 5) is 24.3. The van der Waals surface area contributed by atoms with E-state index in [1.165, 1.54) is 0 Å². The van der Waals surface area contributed by atoms with Crippen LogP contribution in [-0.4, -0.2) is 24.5 Å². The van der Waals surface area contributed by atoms with E-state index >= 15 is 0 Å². The van der Waals surface area contributed by atoms with Gasteiger partial charge in [0.05, 0.1) is 0 Å². The standard InChI is InChI=1S/C27H24N2O4/c1-19(33-24-14-11-22(12-15-24)20-7-3-2-4-8-20)27(31)29-28-26(30)18-32-25-16-13-21-9-5-6-10-23(21)17-25/h2-17,19H,18H2,1H3,(H,28,30)(H,29,31). The lowest BCUT2D eigenvalue weighted by atomic mass is 10.1. The summed E-state index contributed by atoms with van der Waals surface area (Å²) >= 11 is 0. The van der Waals surface area contributed by atoms with Crippen LogP contribution in [0.15, 0.2) is 97.1 Å². The van der Waals surface area contributed by atoms with Crippen LogP contribution in [0.4, 0.5) is 0 Å². The number of carbonyl (C=O) groups excluding carboxylic acids is 2. The molecular weight excluding hydrogens is 416 g/mol. The molecule has 0 saturated carbocycles. The molecule has 0 aliphatic carbocycles. The molecule has 4 aromatic rings. The molecule has 6 nitrogen and oxygen atoms in total. The number of fused-ring (bicyclic) bond motifs is 1. The molecule has 0 heterocycles. The fourth-order valence-corrected chi connectivity index (χ4v) is 3.29. The van der Waals surface area contributed by atoms with Gasteiger partial charge in [0.2, 0.25) is 0 Å². The summed E-state index contributed by atoms with van der Waals surface area (Å²) in [6.45, 7) is 1.38. The second-order valence-electron chi connectivity index (χ2n) is 7.49. The lowest BCUT2D eigenvalue weighted by Gasteiger charge is -2.15. The van der Waals surface area contributed by atoms with E-state index < -0.39 is 17.9 Å². The zero-order valence-electron chi connectivity index (χ0n) is 18.2. The number of rotatable bonds is 7. The lowest BCUT2D eigenvalue weighted by molar-refractivity contribution is -0.133. The second kappa shape index (κ2) is 10.3. The van der Waals surface area contributed by atoms with E-state index in [1.54, 1.807) is 13.0 Å². The van der Waals surface area contributed by atoms with Crippen molar-refractivity contribution in [2.45, 2.75) is 13.0 Å². The largest absolute Gasteiger partial charge is 0.484 e. The Morgan fingerprint density at radius 2 is 1.36 bits per heavy atom. The van der Waals surface area contributed by atoms with Gasteiger partial charge < -0.3 is 9.47 Å². The SMILES string of the molecule is CC(Oc1ccc(-c2ccccc2)cc1)C(=O)NNC(=O)COc1ccc2ccccc2c1. The highest BCUT2D eigenvalue weighted by Crippen LogP contribution is 2.23. The Labute approximate surface area is 192 Å². The van der Waals surface area contributed by atoms with Crippen molar-refractivity contribution in [3.05, 3.63) is 97.1 Å². The van der Waals surface area contributed by atoms with E-state index in [0.29, 0.717) is 11.5 Å². The molecule has 0 aliphatic rings. The molecular formula is C27H24N2O4. The maximum atomic E-state index is 12.3. The van der Waals surface area contributed by atoms with Gasteiger partial charge in [0, 0.05) is 0 Å². The van der Waals surface area contributed by atoms with Crippen LogP contribution < -0.4 is 20.3 Å². The van der Waals surface area contributed by atoms with Crippen LogP contribution >= 0.6 is 0 Å². The van der Waals surface area contributed by atoms with E-state index in [0.717, 1.165) is 21.9 Å². The minimum atomic E-state index is -0.797.